The lowest BCUT2D eigenvalue weighted by Crippen LogP contribution is -2.40. The number of amides is 1. The summed E-state index contributed by atoms with van der Waals surface area (Å²) in [7, 11) is 0. The number of nitrogens with zero attached hydrogens (tertiary/aromatic N) is 1. The second-order valence-corrected chi connectivity index (χ2v) is 8.20. The van der Waals surface area contributed by atoms with Gasteiger partial charge < -0.3 is 10.0 Å². The van der Waals surface area contributed by atoms with Gasteiger partial charge in [-0.2, -0.15) is 0 Å². The maximum absolute atomic E-state index is 13.2. The molecule has 154 valence electrons. The number of carboxylic acids is 1. The van der Waals surface area contributed by atoms with Crippen molar-refractivity contribution in [3.8, 4) is 0 Å². The van der Waals surface area contributed by atoms with Crippen LogP contribution in [0.15, 0.2) is 72.8 Å². The van der Waals surface area contributed by atoms with Crippen molar-refractivity contribution in [1.82, 2.24) is 4.90 Å². The van der Waals surface area contributed by atoms with Crippen LogP contribution < -0.4 is 0 Å². The molecular weight excluding hydrogens is 374 g/mol. The van der Waals surface area contributed by atoms with Crippen molar-refractivity contribution in [2.45, 2.75) is 25.7 Å². The first kappa shape index (κ1) is 20.1. The van der Waals surface area contributed by atoms with Crippen LogP contribution in [-0.2, 0) is 11.2 Å². The standard InChI is InChI=1S/C26H27NO3/c28-25(29)18-22(17-19-7-2-1-3-8-19)20-13-15-27(16-14-20)26(30)24-12-6-10-21-9-4-5-11-23(21)24/h1-12,20,22H,13-18H2,(H,28,29). The van der Waals surface area contributed by atoms with E-state index in [0.29, 0.717) is 19.0 Å². The number of aliphatic carboxylic acids is 1. The first-order valence-electron chi connectivity index (χ1n) is 10.6. The summed E-state index contributed by atoms with van der Waals surface area (Å²) in [6.07, 6.45) is 2.65. The molecule has 4 rings (SSSR count). The Hall–Kier alpha value is -3.14. The summed E-state index contributed by atoms with van der Waals surface area (Å²) in [4.78, 5) is 26.6. The van der Waals surface area contributed by atoms with E-state index in [1.54, 1.807) is 0 Å². The highest BCUT2D eigenvalue weighted by molar-refractivity contribution is 6.07. The van der Waals surface area contributed by atoms with Crippen LogP contribution in [0.3, 0.4) is 0 Å². The smallest absolute Gasteiger partial charge is 0.303 e. The molecule has 1 aliphatic rings. The molecular formula is C26H27NO3. The Morgan fingerprint density at radius 3 is 2.30 bits per heavy atom. The summed E-state index contributed by atoms with van der Waals surface area (Å²) in [6.45, 7) is 1.36. The maximum atomic E-state index is 13.2. The monoisotopic (exact) mass is 401 g/mol. The molecule has 0 radical (unpaired) electrons. The molecule has 1 N–H and O–H groups in total. The molecule has 1 saturated heterocycles. The van der Waals surface area contributed by atoms with Crippen LogP contribution in [0.1, 0.15) is 35.2 Å². The summed E-state index contributed by atoms with van der Waals surface area (Å²) in [5.74, 6) is -0.258. The van der Waals surface area contributed by atoms with Gasteiger partial charge in [-0.1, -0.05) is 66.7 Å². The average molecular weight is 402 g/mol. The Morgan fingerprint density at radius 1 is 0.900 bits per heavy atom. The van der Waals surface area contributed by atoms with Crippen molar-refractivity contribution >= 4 is 22.6 Å². The van der Waals surface area contributed by atoms with Gasteiger partial charge in [-0.05, 0) is 53.5 Å². The number of carbonyl (C=O) groups excluding carboxylic acids is 1. The van der Waals surface area contributed by atoms with Gasteiger partial charge in [-0.15, -0.1) is 0 Å². The molecule has 0 aliphatic carbocycles. The SMILES string of the molecule is O=C(O)CC(Cc1ccccc1)C1CCN(C(=O)c2cccc3ccccc23)CC1. The van der Waals surface area contributed by atoms with Crippen LogP contribution in [0, 0.1) is 11.8 Å². The van der Waals surface area contributed by atoms with E-state index in [-0.39, 0.29) is 18.2 Å². The van der Waals surface area contributed by atoms with Crippen molar-refractivity contribution in [2.24, 2.45) is 11.8 Å². The van der Waals surface area contributed by atoms with Crippen LogP contribution in [0.4, 0.5) is 0 Å². The third-order valence-corrected chi connectivity index (χ3v) is 6.29. The molecule has 1 unspecified atom stereocenters. The van der Waals surface area contributed by atoms with E-state index in [4.69, 9.17) is 0 Å². The Kier molecular flexibility index (Phi) is 6.12. The molecule has 1 heterocycles. The lowest BCUT2D eigenvalue weighted by atomic mass is 9.79. The molecule has 4 nitrogen and oxygen atoms in total. The number of rotatable bonds is 6. The predicted octanol–water partition coefficient (Wildman–Crippen LogP) is 5.03. The predicted molar refractivity (Wildman–Crippen MR) is 118 cm³/mol. The van der Waals surface area contributed by atoms with Gasteiger partial charge in [0.1, 0.15) is 0 Å². The molecule has 1 atom stereocenters. The molecule has 1 fully saturated rings. The number of hydrogen-bond acceptors (Lipinski definition) is 2. The first-order chi connectivity index (χ1) is 14.6. The van der Waals surface area contributed by atoms with E-state index in [0.717, 1.165) is 35.6 Å². The fourth-order valence-electron chi connectivity index (χ4n) is 4.70. The number of fused-ring (bicyclic) bond motifs is 1. The summed E-state index contributed by atoms with van der Waals surface area (Å²) < 4.78 is 0. The minimum absolute atomic E-state index is 0.0723. The van der Waals surface area contributed by atoms with Gasteiger partial charge in [-0.25, -0.2) is 0 Å². The summed E-state index contributed by atoms with van der Waals surface area (Å²) >= 11 is 0. The van der Waals surface area contributed by atoms with Crippen LogP contribution in [0.25, 0.3) is 10.8 Å². The van der Waals surface area contributed by atoms with Crippen molar-refractivity contribution < 1.29 is 14.7 Å². The zero-order chi connectivity index (χ0) is 20.9. The lowest BCUT2D eigenvalue weighted by Gasteiger charge is -2.36. The number of carboxylic acid groups (broad SMARTS) is 1. The Bertz CT molecular complexity index is 1020. The fraction of sp³-hybridized carbons (Fsp3) is 0.308. The normalized spacial score (nSPS) is 15.8. The Balaban J connectivity index is 1.45. The van der Waals surface area contributed by atoms with Crippen LogP contribution in [-0.4, -0.2) is 35.0 Å². The number of benzene rings is 3. The molecule has 0 aromatic heterocycles. The van der Waals surface area contributed by atoms with Gasteiger partial charge in [0.05, 0.1) is 0 Å². The van der Waals surface area contributed by atoms with Crippen LogP contribution in [0.2, 0.25) is 0 Å². The highest BCUT2D eigenvalue weighted by atomic mass is 16.4. The summed E-state index contributed by atoms with van der Waals surface area (Å²) in [5.41, 5.74) is 1.93. The van der Waals surface area contributed by atoms with Gasteiger partial charge in [0.2, 0.25) is 0 Å². The second kappa shape index (κ2) is 9.12. The minimum Gasteiger partial charge on any atom is -0.481 e. The van der Waals surface area contributed by atoms with Crippen molar-refractivity contribution in [3.05, 3.63) is 83.9 Å². The number of likely N-dealkylation sites (tertiary alicyclic amines) is 1. The minimum atomic E-state index is -0.745. The maximum Gasteiger partial charge on any atom is 0.303 e. The van der Waals surface area contributed by atoms with E-state index in [9.17, 15) is 14.7 Å². The van der Waals surface area contributed by atoms with E-state index >= 15 is 0 Å². The zero-order valence-electron chi connectivity index (χ0n) is 17.0. The average Bonchev–Trinajstić information content (AvgIpc) is 2.78. The van der Waals surface area contributed by atoms with Gasteiger partial charge in [0.25, 0.3) is 5.91 Å². The number of hydrogen-bond donors (Lipinski definition) is 1. The third kappa shape index (κ3) is 4.54. The molecule has 0 spiro atoms. The largest absolute Gasteiger partial charge is 0.481 e. The van der Waals surface area contributed by atoms with Gasteiger partial charge in [0, 0.05) is 25.1 Å². The highest BCUT2D eigenvalue weighted by Gasteiger charge is 2.30. The molecule has 0 bridgehead atoms. The molecule has 3 aromatic rings. The summed E-state index contributed by atoms with van der Waals surface area (Å²) in [6, 6.07) is 23.9. The molecule has 3 aromatic carbocycles. The second-order valence-electron chi connectivity index (χ2n) is 8.20. The quantitative estimate of drug-likeness (QED) is 0.631. The van der Waals surface area contributed by atoms with Gasteiger partial charge in [0.15, 0.2) is 0 Å². The summed E-state index contributed by atoms with van der Waals surface area (Å²) in [5, 5.41) is 11.5. The number of piperidine rings is 1. The van der Waals surface area contributed by atoms with E-state index < -0.39 is 5.97 Å². The van der Waals surface area contributed by atoms with Crippen molar-refractivity contribution in [1.29, 1.82) is 0 Å². The number of carbonyl (C=O) groups is 2. The van der Waals surface area contributed by atoms with Gasteiger partial charge in [-0.3, -0.25) is 9.59 Å². The van der Waals surface area contributed by atoms with Crippen LogP contribution >= 0.6 is 0 Å². The van der Waals surface area contributed by atoms with Crippen molar-refractivity contribution in [3.63, 3.8) is 0 Å². The molecule has 4 heteroatoms. The lowest BCUT2D eigenvalue weighted by molar-refractivity contribution is -0.138. The zero-order valence-corrected chi connectivity index (χ0v) is 17.0. The highest BCUT2D eigenvalue weighted by Crippen LogP contribution is 2.31. The fourth-order valence-corrected chi connectivity index (χ4v) is 4.70. The van der Waals surface area contributed by atoms with Crippen molar-refractivity contribution in [2.75, 3.05) is 13.1 Å². The van der Waals surface area contributed by atoms with E-state index in [1.807, 2.05) is 65.6 Å². The topological polar surface area (TPSA) is 57.6 Å². The Labute approximate surface area is 177 Å². The van der Waals surface area contributed by atoms with E-state index in [2.05, 4.69) is 12.1 Å². The molecule has 1 aliphatic heterocycles. The van der Waals surface area contributed by atoms with Crippen LogP contribution in [0.5, 0.6) is 0 Å². The van der Waals surface area contributed by atoms with Gasteiger partial charge >= 0.3 is 5.97 Å². The molecule has 0 saturated carbocycles. The molecule has 30 heavy (non-hydrogen) atoms. The molecule has 1 amide bonds. The third-order valence-electron chi connectivity index (χ3n) is 6.29. The first-order valence-corrected chi connectivity index (χ1v) is 10.6. The Morgan fingerprint density at radius 2 is 1.57 bits per heavy atom. The van der Waals surface area contributed by atoms with E-state index in [1.165, 1.54) is 5.56 Å².